The van der Waals surface area contributed by atoms with Crippen molar-refractivity contribution in [1.29, 1.82) is 0 Å². The van der Waals surface area contributed by atoms with E-state index >= 15 is 0 Å². The van der Waals surface area contributed by atoms with Crippen molar-refractivity contribution in [2.75, 3.05) is 12.5 Å². The van der Waals surface area contributed by atoms with Crippen LogP contribution in [0.15, 0.2) is 58.5 Å². The van der Waals surface area contributed by atoms with Gasteiger partial charge in [0, 0.05) is 11.8 Å². The van der Waals surface area contributed by atoms with Crippen molar-refractivity contribution in [2.24, 2.45) is 5.10 Å². The van der Waals surface area contributed by atoms with Gasteiger partial charge in [-0.25, -0.2) is 0 Å². The van der Waals surface area contributed by atoms with Gasteiger partial charge in [-0.05, 0) is 43.3 Å². The molecule has 22 heavy (non-hydrogen) atoms. The Kier molecular flexibility index (Phi) is 5.61. The zero-order valence-electron chi connectivity index (χ0n) is 12.8. The lowest BCUT2D eigenvalue weighted by atomic mass is 10.2. The summed E-state index contributed by atoms with van der Waals surface area (Å²) in [7, 11) is 1.62. The summed E-state index contributed by atoms with van der Waals surface area (Å²) in [6, 6.07) is 15.3. The highest BCUT2D eigenvalue weighted by molar-refractivity contribution is 8.15. The largest absolute Gasteiger partial charge is 0.497 e. The van der Waals surface area contributed by atoms with Crippen molar-refractivity contribution in [3.05, 3.63) is 54.1 Å². The van der Waals surface area contributed by atoms with Crippen molar-refractivity contribution in [2.45, 2.75) is 18.7 Å². The average Bonchev–Trinajstić information content (AvgIpc) is 2.53. The molecule has 0 saturated heterocycles. The van der Waals surface area contributed by atoms with Crippen LogP contribution in [0.2, 0.25) is 0 Å². The van der Waals surface area contributed by atoms with Crippen molar-refractivity contribution in [3.8, 4) is 5.75 Å². The number of ether oxygens (including phenoxy) is 1. The van der Waals surface area contributed by atoms with Crippen LogP contribution in [0.1, 0.15) is 12.5 Å². The smallest absolute Gasteiger partial charge is 0.186 e. The minimum Gasteiger partial charge on any atom is -0.497 e. The summed E-state index contributed by atoms with van der Waals surface area (Å²) in [6.45, 7) is 3.54. The number of carbonyl (C=O) groups excluding carboxylic acids is 1. The normalized spacial score (nSPS) is 11.1. The Morgan fingerprint density at radius 1 is 1.09 bits per heavy atom. The third kappa shape index (κ3) is 4.63. The van der Waals surface area contributed by atoms with E-state index in [4.69, 9.17) is 4.74 Å². The van der Waals surface area contributed by atoms with Gasteiger partial charge in [-0.15, -0.1) is 0 Å². The van der Waals surface area contributed by atoms with Gasteiger partial charge in [-0.2, -0.15) is 5.10 Å². The van der Waals surface area contributed by atoms with Crippen LogP contribution in [0.5, 0.6) is 5.75 Å². The summed E-state index contributed by atoms with van der Waals surface area (Å²) in [6.07, 6.45) is 0. The number of nitrogens with zero attached hydrogens (tertiary/aromatic N) is 1. The Hall–Kier alpha value is -2.27. The molecule has 2 aromatic rings. The Morgan fingerprint density at radius 3 is 2.27 bits per heavy atom. The molecule has 0 fully saturated rings. The third-order valence-corrected chi connectivity index (χ3v) is 3.99. The Bertz CT molecular complexity index is 664. The fraction of sp³-hybridized carbons (Fsp3) is 0.176. The minimum absolute atomic E-state index is 0.0772. The van der Waals surface area contributed by atoms with Crippen LogP contribution in [-0.2, 0) is 4.79 Å². The number of carbonyl (C=O) groups is 1. The second kappa shape index (κ2) is 7.66. The fourth-order valence-electron chi connectivity index (χ4n) is 1.67. The van der Waals surface area contributed by atoms with Crippen LogP contribution >= 0.6 is 11.8 Å². The lowest BCUT2D eigenvalue weighted by molar-refractivity contribution is -0.110. The zero-order chi connectivity index (χ0) is 15.9. The molecule has 4 nitrogen and oxygen atoms in total. The van der Waals surface area contributed by atoms with Crippen LogP contribution in [0, 0.1) is 6.92 Å². The van der Waals surface area contributed by atoms with E-state index < -0.39 is 0 Å². The maximum Gasteiger partial charge on any atom is 0.186 e. The van der Waals surface area contributed by atoms with E-state index in [9.17, 15) is 4.79 Å². The molecular formula is C17H18N2O2S. The highest BCUT2D eigenvalue weighted by Crippen LogP contribution is 2.21. The number of anilines is 1. The van der Waals surface area contributed by atoms with Crippen molar-refractivity contribution in [1.82, 2.24) is 0 Å². The molecule has 1 N–H and O–H groups in total. The predicted octanol–water partition coefficient (Wildman–Crippen LogP) is 4.11. The van der Waals surface area contributed by atoms with Gasteiger partial charge in [0.25, 0.3) is 0 Å². The number of aryl methyl sites for hydroxylation is 1. The highest BCUT2D eigenvalue weighted by atomic mass is 32.2. The van der Waals surface area contributed by atoms with E-state index in [0.717, 1.165) is 16.3 Å². The molecular weight excluding hydrogens is 296 g/mol. The first-order valence-corrected chi connectivity index (χ1v) is 7.63. The van der Waals surface area contributed by atoms with Crippen LogP contribution in [0.4, 0.5) is 5.69 Å². The molecule has 0 bridgehead atoms. The first kappa shape index (κ1) is 16.1. The summed E-state index contributed by atoms with van der Waals surface area (Å²) in [4.78, 5) is 12.7. The molecule has 0 spiro atoms. The number of benzene rings is 2. The summed E-state index contributed by atoms with van der Waals surface area (Å²) >= 11 is 1.35. The lowest BCUT2D eigenvalue weighted by Gasteiger charge is -2.06. The molecule has 0 radical (unpaired) electrons. The van der Waals surface area contributed by atoms with Crippen LogP contribution in [0.3, 0.4) is 0 Å². The van der Waals surface area contributed by atoms with Crippen molar-refractivity contribution in [3.63, 3.8) is 0 Å². The van der Waals surface area contributed by atoms with Gasteiger partial charge in [-0.3, -0.25) is 10.2 Å². The van der Waals surface area contributed by atoms with Gasteiger partial charge >= 0.3 is 0 Å². The number of nitrogens with one attached hydrogen (secondary N) is 1. The van der Waals surface area contributed by atoms with Crippen LogP contribution in [0.25, 0.3) is 0 Å². The number of Topliss-reactive ketones (excluding diaryl/α,β-unsaturated/α-hetero) is 1. The Labute approximate surface area is 134 Å². The van der Waals surface area contributed by atoms with Gasteiger partial charge < -0.3 is 4.74 Å². The molecule has 2 aromatic carbocycles. The molecule has 0 heterocycles. The fourth-order valence-corrected chi connectivity index (χ4v) is 2.40. The summed E-state index contributed by atoms with van der Waals surface area (Å²) in [5.41, 5.74) is 4.88. The van der Waals surface area contributed by atoms with Gasteiger partial charge in [0.05, 0.1) is 12.8 Å². The van der Waals surface area contributed by atoms with E-state index in [2.05, 4.69) is 10.5 Å². The van der Waals surface area contributed by atoms with Crippen molar-refractivity contribution >= 4 is 28.3 Å². The SMILES string of the molecule is COc1ccc(N/N=C(/Sc2ccc(C)cc2)C(C)=O)cc1. The molecule has 114 valence electrons. The molecule has 0 aliphatic rings. The number of ketones is 1. The maximum atomic E-state index is 11.7. The second-order valence-corrected chi connectivity index (χ2v) is 5.79. The Morgan fingerprint density at radius 2 is 1.73 bits per heavy atom. The number of rotatable bonds is 5. The Balaban J connectivity index is 2.09. The lowest BCUT2D eigenvalue weighted by Crippen LogP contribution is -2.08. The minimum atomic E-state index is -0.0772. The molecule has 0 saturated carbocycles. The molecule has 0 atom stereocenters. The first-order chi connectivity index (χ1) is 10.6. The number of hydrogen-bond acceptors (Lipinski definition) is 5. The summed E-state index contributed by atoms with van der Waals surface area (Å²) < 4.78 is 5.10. The number of hydrazone groups is 1. The standard InChI is InChI=1S/C17H18N2O2S/c1-12-4-10-16(11-5-12)22-17(13(2)20)19-18-14-6-8-15(21-3)9-7-14/h4-11,18H,1-3H3/b19-17+. The summed E-state index contributed by atoms with van der Waals surface area (Å²) in [5, 5.41) is 4.62. The molecule has 0 aromatic heterocycles. The molecule has 0 aliphatic carbocycles. The topological polar surface area (TPSA) is 50.7 Å². The molecule has 0 aliphatic heterocycles. The van der Waals surface area contributed by atoms with E-state index in [1.165, 1.54) is 24.2 Å². The molecule has 0 unspecified atom stereocenters. The third-order valence-electron chi connectivity index (χ3n) is 2.91. The van der Waals surface area contributed by atoms with Crippen LogP contribution < -0.4 is 10.2 Å². The summed E-state index contributed by atoms with van der Waals surface area (Å²) in [5.74, 6) is 0.696. The number of methoxy groups -OCH3 is 1. The van der Waals surface area contributed by atoms with E-state index in [0.29, 0.717) is 5.04 Å². The van der Waals surface area contributed by atoms with E-state index in [1.807, 2.05) is 55.5 Å². The van der Waals surface area contributed by atoms with E-state index in [1.54, 1.807) is 7.11 Å². The molecule has 5 heteroatoms. The predicted molar refractivity (Wildman–Crippen MR) is 91.8 cm³/mol. The molecule has 2 rings (SSSR count). The molecule has 0 amide bonds. The van der Waals surface area contributed by atoms with Crippen LogP contribution in [-0.4, -0.2) is 17.9 Å². The average molecular weight is 314 g/mol. The van der Waals surface area contributed by atoms with Gasteiger partial charge in [-0.1, -0.05) is 29.5 Å². The van der Waals surface area contributed by atoms with Gasteiger partial charge in [0.1, 0.15) is 5.75 Å². The highest BCUT2D eigenvalue weighted by Gasteiger charge is 2.08. The zero-order valence-corrected chi connectivity index (χ0v) is 13.6. The van der Waals surface area contributed by atoms with E-state index in [-0.39, 0.29) is 5.78 Å². The van der Waals surface area contributed by atoms with Gasteiger partial charge in [0.15, 0.2) is 10.8 Å². The van der Waals surface area contributed by atoms with Gasteiger partial charge in [0.2, 0.25) is 0 Å². The quantitative estimate of drug-likeness (QED) is 0.390. The number of thioether (sulfide) groups is 1. The monoisotopic (exact) mass is 314 g/mol. The second-order valence-electron chi connectivity index (χ2n) is 4.73. The first-order valence-electron chi connectivity index (χ1n) is 6.81. The number of hydrogen-bond donors (Lipinski definition) is 1. The van der Waals surface area contributed by atoms with Crippen molar-refractivity contribution < 1.29 is 9.53 Å². The maximum absolute atomic E-state index is 11.7.